The number of esters is 1. The van der Waals surface area contributed by atoms with Gasteiger partial charge in [0.05, 0.1) is 11.7 Å². The fraction of sp³-hybridized carbons (Fsp3) is 0.312. The molecule has 0 fully saturated rings. The average molecular weight is 371 g/mol. The lowest BCUT2D eigenvalue weighted by molar-refractivity contribution is -0.136. The van der Waals surface area contributed by atoms with Crippen molar-refractivity contribution in [1.82, 2.24) is 9.78 Å². The summed E-state index contributed by atoms with van der Waals surface area (Å²) in [6.07, 6.45) is 1.30. The Bertz CT molecular complexity index is 795. The van der Waals surface area contributed by atoms with E-state index in [2.05, 4.69) is 5.10 Å². The number of aromatic nitrogens is 2. The molecule has 0 aliphatic carbocycles. The number of carbonyl (C=O) groups excluding carboxylic acids is 1. The fourth-order valence-corrected chi connectivity index (χ4v) is 2.11. The second kappa shape index (κ2) is 7.23. The maximum Gasteiger partial charge on any atom is 0.349 e. The van der Waals surface area contributed by atoms with Gasteiger partial charge in [-0.1, -0.05) is 23.2 Å². The molecule has 1 heterocycles. The van der Waals surface area contributed by atoms with Gasteiger partial charge in [0.15, 0.2) is 17.4 Å². The Labute approximate surface area is 148 Å². The lowest BCUT2D eigenvalue weighted by atomic mass is 10.1. The average Bonchev–Trinajstić information content (AvgIpc) is 2.50. The summed E-state index contributed by atoms with van der Waals surface area (Å²) >= 11 is 11.7. The fourth-order valence-electron chi connectivity index (χ4n) is 1.80. The zero-order chi connectivity index (χ0) is 17.9. The van der Waals surface area contributed by atoms with E-state index in [4.69, 9.17) is 32.7 Å². The van der Waals surface area contributed by atoms with Crippen LogP contribution in [0.5, 0.6) is 11.5 Å². The summed E-state index contributed by atoms with van der Waals surface area (Å²) in [7, 11) is 0. The van der Waals surface area contributed by atoms with Crippen LogP contribution in [0.3, 0.4) is 0 Å². The smallest absolute Gasteiger partial charge is 0.349 e. The van der Waals surface area contributed by atoms with Crippen LogP contribution in [0, 0.1) is 0 Å². The van der Waals surface area contributed by atoms with E-state index >= 15 is 0 Å². The summed E-state index contributed by atoms with van der Waals surface area (Å²) in [5.74, 6) is -0.288. The first-order valence-electron chi connectivity index (χ1n) is 7.06. The summed E-state index contributed by atoms with van der Waals surface area (Å²) in [5.41, 5.74) is -1.01. The second-order valence-electron chi connectivity index (χ2n) is 5.93. The maximum absolute atomic E-state index is 12.2. The van der Waals surface area contributed by atoms with Crippen molar-refractivity contribution >= 4 is 29.2 Å². The lowest BCUT2D eigenvalue weighted by Crippen LogP contribution is -2.36. The Balaban J connectivity index is 2.04. The van der Waals surface area contributed by atoms with Crippen LogP contribution >= 0.6 is 23.2 Å². The monoisotopic (exact) mass is 370 g/mol. The van der Waals surface area contributed by atoms with Gasteiger partial charge in [-0.05, 0) is 45.0 Å². The molecule has 0 amide bonds. The third kappa shape index (κ3) is 4.49. The minimum atomic E-state index is -0.645. The Morgan fingerprint density at radius 2 is 1.83 bits per heavy atom. The molecule has 0 saturated carbocycles. The van der Waals surface area contributed by atoms with Gasteiger partial charge in [0.2, 0.25) is 0 Å². The number of nitrogens with zero attached hydrogens (tertiary/aromatic N) is 2. The van der Waals surface area contributed by atoms with Gasteiger partial charge in [-0.3, -0.25) is 4.79 Å². The van der Waals surface area contributed by atoms with Crippen LogP contribution in [-0.2, 0) is 10.3 Å². The van der Waals surface area contributed by atoms with Gasteiger partial charge in [0.25, 0.3) is 5.56 Å². The van der Waals surface area contributed by atoms with Crippen molar-refractivity contribution in [1.29, 1.82) is 0 Å². The highest BCUT2D eigenvalue weighted by Crippen LogP contribution is 2.21. The van der Waals surface area contributed by atoms with E-state index < -0.39 is 23.7 Å². The van der Waals surface area contributed by atoms with E-state index in [1.165, 1.54) is 10.9 Å². The molecule has 0 atom stereocenters. The predicted octanol–water partition coefficient (Wildman–Crippen LogP) is 3.29. The third-order valence-electron chi connectivity index (χ3n) is 2.91. The number of carbonyl (C=O) groups is 1. The summed E-state index contributed by atoms with van der Waals surface area (Å²) in [5, 5.41) is 4.40. The summed E-state index contributed by atoms with van der Waals surface area (Å²) < 4.78 is 11.5. The minimum absolute atomic E-state index is 0.0234. The number of halogens is 2. The molecule has 0 aliphatic rings. The van der Waals surface area contributed by atoms with E-state index in [1.54, 1.807) is 24.3 Å². The first-order valence-corrected chi connectivity index (χ1v) is 7.81. The van der Waals surface area contributed by atoms with Crippen molar-refractivity contribution in [3.8, 4) is 11.5 Å². The molecule has 24 heavy (non-hydrogen) atoms. The first kappa shape index (κ1) is 18.3. The molecule has 0 N–H and O–H groups in total. The Morgan fingerprint density at radius 1 is 1.21 bits per heavy atom. The molecule has 1 aromatic heterocycles. The van der Waals surface area contributed by atoms with Crippen LogP contribution in [0.25, 0.3) is 0 Å². The molecular formula is C16H16Cl2N2O4. The molecular weight excluding hydrogens is 355 g/mol. The first-order chi connectivity index (χ1) is 11.2. The van der Waals surface area contributed by atoms with Gasteiger partial charge in [-0.15, -0.1) is 0 Å². The van der Waals surface area contributed by atoms with Crippen LogP contribution in [0.4, 0.5) is 0 Å². The second-order valence-corrected chi connectivity index (χ2v) is 6.74. The molecule has 1 aromatic carbocycles. The molecule has 6 nitrogen and oxygen atoms in total. The standard InChI is InChI=1S/C16H16Cl2N2O4/c1-16(2,3)20-15(22)14(18)12(8-19-20)23-9-13(21)24-11-6-4-10(17)5-7-11/h4-8H,9H2,1-3H3. The molecule has 0 saturated heterocycles. The molecule has 0 bridgehead atoms. The number of benzene rings is 1. The molecule has 2 aromatic rings. The molecule has 2 rings (SSSR count). The maximum atomic E-state index is 12.2. The van der Waals surface area contributed by atoms with Gasteiger partial charge in [0, 0.05) is 5.02 Å². The highest BCUT2D eigenvalue weighted by molar-refractivity contribution is 6.31. The number of ether oxygens (including phenoxy) is 2. The van der Waals surface area contributed by atoms with Gasteiger partial charge >= 0.3 is 5.97 Å². The van der Waals surface area contributed by atoms with Gasteiger partial charge < -0.3 is 9.47 Å². The zero-order valence-corrected chi connectivity index (χ0v) is 14.9. The normalized spacial score (nSPS) is 11.2. The Hall–Kier alpha value is -2.05. The highest BCUT2D eigenvalue weighted by atomic mass is 35.5. The topological polar surface area (TPSA) is 70.4 Å². The van der Waals surface area contributed by atoms with Crippen LogP contribution < -0.4 is 15.0 Å². The van der Waals surface area contributed by atoms with E-state index in [1.807, 2.05) is 20.8 Å². The van der Waals surface area contributed by atoms with Crippen LogP contribution in [0.2, 0.25) is 10.0 Å². The van der Waals surface area contributed by atoms with Crippen molar-refractivity contribution in [2.45, 2.75) is 26.3 Å². The van der Waals surface area contributed by atoms with Gasteiger partial charge in [-0.25, -0.2) is 9.48 Å². The van der Waals surface area contributed by atoms with Crippen molar-refractivity contribution in [3.63, 3.8) is 0 Å². The van der Waals surface area contributed by atoms with Crippen LogP contribution in [0.15, 0.2) is 35.3 Å². The van der Waals surface area contributed by atoms with E-state index in [-0.39, 0.29) is 10.8 Å². The molecule has 0 aliphatic heterocycles. The van der Waals surface area contributed by atoms with Crippen molar-refractivity contribution in [2.24, 2.45) is 0 Å². The predicted molar refractivity (Wildman–Crippen MR) is 91.1 cm³/mol. The summed E-state index contributed by atoms with van der Waals surface area (Å²) in [6.45, 7) is 5.05. The molecule has 0 radical (unpaired) electrons. The van der Waals surface area contributed by atoms with Crippen molar-refractivity contribution < 1.29 is 14.3 Å². The molecule has 0 spiro atoms. The quantitative estimate of drug-likeness (QED) is 0.609. The van der Waals surface area contributed by atoms with Crippen molar-refractivity contribution in [2.75, 3.05) is 6.61 Å². The lowest BCUT2D eigenvalue weighted by Gasteiger charge is -2.21. The number of hydrogen-bond acceptors (Lipinski definition) is 5. The Morgan fingerprint density at radius 3 is 2.42 bits per heavy atom. The molecule has 0 unspecified atom stereocenters. The highest BCUT2D eigenvalue weighted by Gasteiger charge is 2.20. The van der Waals surface area contributed by atoms with Gasteiger partial charge in [-0.2, -0.15) is 5.10 Å². The van der Waals surface area contributed by atoms with E-state index in [0.29, 0.717) is 10.8 Å². The minimum Gasteiger partial charge on any atom is -0.478 e. The summed E-state index contributed by atoms with van der Waals surface area (Å²) in [4.78, 5) is 23.9. The van der Waals surface area contributed by atoms with E-state index in [0.717, 1.165) is 0 Å². The Kier molecular flexibility index (Phi) is 5.51. The van der Waals surface area contributed by atoms with Crippen molar-refractivity contribution in [3.05, 3.63) is 50.9 Å². The number of rotatable bonds is 4. The summed E-state index contributed by atoms with van der Waals surface area (Å²) in [6, 6.07) is 6.30. The third-order valence-corrected chi connectivity index (χ3v) is 3.51. The zero-order valence-electron chi connectivity index (χ0n) is 13.4. The molecule has 8 heteroatoms. The molecule has 128 valence electrons. The van der Waals surface area contributed by atoms with E-state index in [9.17, 15) is 9.59 Å². The van der Waals surface area contributed by atoms with Crippen LogP contribution in [0.1, 0.15) is 20.8 Å². The number of hydrogen-bond donors (Lipinski definition) is 0. The van der Waals surface area contributed by atoms with Crippen LogP contribution in [-0.4, -0.2) is 22.4 Å². The largest absolute Gasteiger partial charge is 0.478 e. The SMILES string of the molecule is CC(C)(C)n1ncc(OCC(=O)Oc2ccc(Cl)cc2)c(Cl)c1=O. The van der Waals surface area contributed by atoms with Gasteiger partial charge in [0.1, 0.15) is 5.75 Å².